The summed E-state index contributed by atoms with van der Waals surface area (Å²) in [6.07, 6.45) is 1.73. The van der Waals surface area contributed by atoms with Gasteiger partial charge in [0.25, 0.3) is 0 Å². The molecule has 10 heavy (non-hydrogen) atoms. The van der Waals surface area contributed by atoms with Gasteiger partial charge in [0.15, 0.2) is 5.76 Å². The maximum Gasteiger partial charge on any atom is 0.158 e. The number of hydrogen-bond acceptors (Lipinski definition) is 5. The van der Waals surface area contributed by atoms with Crippen molar-refractivity contribution < 1.29 is 13.3 Å². The summed E-state index contributed by atoms with van der Waals surface area (Å²) in [7, 11) is 0. The van der Waals surface area contributed by atoms with Gasteiger partial charge in [0.1, 0.15) is 0 Å². The quantitative estimate of drug-likeness (QED) is 0.558. The molecule has 6 heteroatoms. The largest absolute Gasteiger partial charge is 0.772 e. The zero-order valence-corrected chi connectivity index (χ0v) is 5.84. The van der Waals surface area contributed by atoms with Crippen molar-refractivity contribution in [3.05, 3.63) is 12.0 Å². The Bertz CT molecular complexity index is 210. The second-order valence-electron chi connectivity index (χ2n) is 1.64. The van der Waals surface area contributed by atoms with Gasteiger partial charge in [-0.15, -0.1) is 5.10 Å². The van der Waals surface area contributed by atoms with Crippen LogP contribution in [0.15, 0.2) is 10.7 Å². The van der Waals surface area contributed by atoms with Gasteiger partial charge in [-0.3, -0.25) is 4.21 Å². The molecule has 0 saturated heterocycles. The van der Waals surface area contributed by atoms with Gasteiger partial charge in [0, 0.05) is 17.4 Å². The van der Waals surface area contributed by atoms with E-state index in [1.807, 2.05) is 0 Å². The van der Waals surface area contributed by atoms with Gasteiger partial charge < -0.3 is 9.08 Å². The highest BCUT2D eigenvalue weighted by molar-refractivity contribution is 7.79. The number of nitrogens with zero attached hydrogens (tertiary/aromatic N) is 2. The number of aryl methyl sites for hydroxylation is 1. The molecule has 1 rings (SSSR count). The van der Waals surface area contributed by atoms with Crippen LogP contribution in [0.2, 0.25) is 0 Å². The summed E-state index contributed by atoms with van der Waals surface area (Å²) in [5, 5.41) is 6.56. The number of rotatable bonds is 3. The SMILES string of the molecule is O=S([O-])CCc1cnno1. The van der Waals surface area contributed by atoms with Gasteiger partial charge in [-0.2, -0.15) is 0 Å². The van der Waals surface area contributed by atoms with Crippen molar-refractivity contribution in [1.29, 1.82) is 0 Å². The van der Waals surface area contributed by atoms with Crippen LogP contribution in [0.1, 0.15) is 5.76 Å². The third kappa shape index (κ3) is 2.24. The van der Waals surface area contributed by atoms with Crippen LogP contribution >= 0.6 is 0 Å². The fourth-order valence-corrected chi connectivity index (χ4v) is 0.850. The van der Waals surface area contributed by atoms with Crippen LogP contribution in [0.4, 0.5) is 0 Å². The summed E-state index contributed by atoms with van der Waals surface area (Å²) in [5.74, 6) is 0.542. The van der Waals surface area contributed by atoms with Crippen molar-refractivity contribution in [3.8, 4) is 0 Å². The van der Waals surface area contributed by atoms with Gasteiger partial charge in [0.05, 0.1) is 6.20 Å². The smallest absolute Gasteiger partial charge is 0.158 e. The first kappa shape index (κ1) is 7.36. The molecule has 1 aromatic rings. The fourth-order valence-electron chi connectivity index (χ4n) is 0.482. The zero-order valence-electron chi connectivity index (χ0n) is 5.02. The lowest BCUT2D eigenvalue weighted by Crippen LogP contribution is -1.97. The molecule has 0 aliphatic heterocycles. The normalized spacial score (nSPS) is 13.3. The Labute approximate surface area is 59.7 Å². The second-order valence-corrected chi connectivity index (χ2v) is 2.66. The maximum absolute atomic E-state index is 10.0. The predicted molar refractivity (Wildman–Crippen MR) is 31.8 cm³/mol. The third-order valence-electron chi connectivity index (χ3n) is 0.922. The highest BCUT2D eigenvalue weighted by Crippen LogP contribution is 1.94. The average molecular weight is 161 g/mol. The number of hydrogen-bond donors (Lipinski definition) is 0. The summed E-state index contributed by atoms with van der Waals surface area (Å²) < 4.78 is 24.6. The van der Waals surface area contributed by atoms with Crippen molar-refractivity contribution in [3.63, 3.8) is 0 Å². The monoisotopic (exact) mass is 161 g/mol. The molecule has 1 unspecified atom stereocenters. The van der Waals surface area contributed by atoms with Gasteiger partial charge in [-0.05, 0) is 0 Å². The molecule has 5 nitrogen and oxygen atoms in total. The summed E-state index contributed by atoms with van der Waals surface area (Å²) in [4.78, 5) is 0. The Morgan fingerprint density at radius 2 is 2.60 bits per heavy atom. The van der Waals surface area contributed by atoms with Gasteiger partial charge in [-0.25, -0.2) is 0 Å². The molecule has 0 aromatic carbocycles. The van der Waals surface area contributed by atoms with Crippen LogP contribution in [0.3, 0.4) is 0 Å². The van der Waals surface area contributed by atoms with E-state index in [1.165, 1.54) is 6.20 Å². The molecule has 0 aliphatic carbocycles. The lowest BCUT2D eigenvalue weighted by atomic mass is 10.4. The molecule has 0 aliphatic rings. The molecule has 0 radical (unpaired) electrons. The topological polar surface area (TPSA) is 79.0 Å². The van der Waals surface area contributed by atoms with Crippen LogP contribution in [0.5, 0.6) is 0 Å². The van der Waals surface area contributed by atoms with E-state index < -0.39 is 11.1 Å². The molecular weight excluding hydrogens is 156 g/mol. The summed E-state index contributed by atoms with van der Waals surface area (Å²) in [6.45, 7) is 0. The summed E-state index contributed by atoms with van der Waals surface area (Å²) >= 11 is -2.02. The van der Waals surface area contributed by atoms with Crippen LogP contribution in [0.25, 0.3) is 0 Å². The van der Waals surface area contributed by atoms with Gasteiger partial charge in [0.2, 0.25) is 0 Å². The van der Waals surface area contributed by atoms with E-state index in [4.69, 9.17) is 0 Å². The van der Waals surface area contributed by atoms with E-state index in [9.17, 15) is 8.76 Å². The predicted octanol–water partition coefficient (Wildman–Crippen LogP) is -0.509. The lowest BCUT2D eigenvalue weighted by Gasteiger charge is -1.99. The minimum Gasteiger partial charge on any atom is -0.772 e. The molecule has 56 valence electrons. The first-order chi connectivity index (χ1) is 4.79. The standard InChI is InChI=1S/C4H6N2O3S/c7-10(8)2-1-4-3-5-6-9-4/h3H,1-2H2,(H,7,8)/p-1. The lowest BCUT2D eigenvalue weighted by molar-refractivity contribution is 0.364. The van der Waals surface area contributed by atoms with E-state index in [1.54, 1.807) is 0 Å². The first-order valence-electron chi connectivity index (χ1n) is 2.61. The van der Waals surface area contributed by atoms with Crippen LogP contribution in [-0.4, -0.2) is 24.9 Å². The van der Waals surface area contributed by atoms with E-state index in [2.05, 4.69) is 14.9 Å². The first-order valence-corrected chi connectivity index (χ1v) is 3.85. The van der Waals surface area contributed by atoms with Crippen molar-refractivity contribution in [2.45, 2.75) is 6.42 Å². The third-order valence-corrected chi connectivity index (χ3v) is 1.46. The Morgan fingerprint density at radius 1 is 1.80 bits per heavy atom. The average Bonchev–Trinajstić information content (AvgIpc) is 2.34. The highest BCUT2D eigenvalue weighted by atomic mass is 32.2. The Kier molecular flexibility index (Phi) is 2.52. The van der Waals surface area contributed by atoms with Crippen LogP contribution in [-0.2, 0) is 17.5 Å². The molecule has 1 atom stereocenters. The van der Waals surface area contributed by atoms with Crippen LogP contribution < -0.4 is 0 Å². The molecule has 0 spiro atoms. The van der Waals surface area contributed by atoms with Crippen molar-refractivity contribution in [2.75, 3.05) is 5.75 Å². The molecule has 1 heterocycles. The van der Waals surface area contributed by atoms with Crippen molar-refractivity contribution >= 4 is 11.1 Å². The Morgan fingerprint density at radius 3 is 3.10 bits per heavy atom. The molecular formula is C4H5N2O3S-. The molecule has 0 fully saturated rings. The minimum absolute atomic E-state index is 0.0525. The minimum atomic E-state index is -2.02. The Balaban J connectivity index is 2.35. The van der Waals surface area contributed by atoms with Crippen molar-refractivity contribution in [1.82, 2.24) is 10.4 Å². The molecule has 0 N–H and O–H groups in total. The fraction of sp³-hybridized carbons (Fsp3) is 0.500. The number of aromatic nitrogens is 2. The summed E-state index contributed by atoms with van der Waals surface area (Å²) in [6, 6.07) is 0. The Hall–Kier alpha value is -0.750. The maximum atomic E-state index is 10.0. The van der Waals surface area contributed by atoms with E-state index in [0.29, 0.717) is 12.2 Å². The van der Waals surface area contributed by atoms with Gasteiger partial charge in [-0.1, -0.05) is 11.1 Å². The molecule has 1 aromatic heterocycles. The molecule has 0 saturated carbocycles. The highest BCUT2D eigenvalue weighted by Gasteiger charge is 1.96. The van der Waals surface area contributed by atoms with Gasteiger partial charge >= 0.3 is 0 Å². The van der Waals surface area contributed by atoms with Crippen molar-refractivity contribution in [2.24, 2.45) is 0 Å². The second kappa shape index (κ2) is 3.43. The molecule has 0 amide bonds. The summed E-state index contributed by atoms with van der Waals surface area (Å²) in [5.41, 5.74) is 0. The van der Waals surface area contributed by atoms with Crippen LogP contribution in [0, 0.1) is 0 Å². The molecule has 0 bridgehead atoms. The zero-order chi connectivity index (χ0) is 7.40. The van der Waals surface area contributed by atoms with E-state index in [-0.39, 0.29) is 5.75 Å². The van der Waals surface area contributed by atoms with E-state index >= 15 is 0 Å². The van der Waals surface area contributed by atoms with E-state index in [0.717, 1.165) is 0 Å².